The number of aromatic amines is 1. The summed E-state index contributed by atoms with van der Waals surface area (Å²) in [4.78, 5) is 30.7. The van der Waals surface area contributed by atoms with Gasteiger partial charge in [0.05, 0.1) is 17.0 Å². The first-order valence-electron chi connectivity index (χ1n) is 8.99. The largest absolute Gasteiger partial charge is 0.354 e. The third-order valence-electron chi connectivity index (χ3n) is 5.09. The van der Waals surface area contributed by atoms with Crippen molar-refractivity contribution in [2.24, 2.45) is 0 Å². The lowest BCUT2D eigenvalue weighted by Gasteiger charge is -2.35. The molecule has 0 amide bonds. The molecule has 144 valence electrons. The van der Waals surface area contributed by atoms with Crippen molar-refractivity contribution < 1.29 is 0 Å². The number of H-pyrrole nitrogens is 1. The van der Waals surface area contributed by atoms with Crippen molar-refractivity contribution in [3.05, 3.63) is 49.5 Å². The second kappa shape index (κ2) is 7.51. The fraction of sp³-hybridized carbons (Fsp3) is 0.368. The van der Waals surface area contributed by atoms with Crippen LogP contribution in [0.25, 0.3) is 10.2 Å². The van der Waals surface area contributed by atoms with E-state index in [0.717, 1.165) is 47.3 Å². The molecule has 3 aromatic heterocycles. The number of aromatic nitrogens is 3. The Morgan fingerprint density at radius 1 is 1.25 bits per heavy atom. The summed E-state index contributed by atoms with van der Waals surface area (Å²) >= 11 is 7.54. The van der Waals surface area contributed by atoms with Crippen LogP contribution >= 0.6 is 22.9 Å². The first kappa shape index (κ1) is 18.9. The summed E-state index contributed by atoms with van der Waals surface area (Å²) in [5.74, 6) is 1.46. The van der Waals surface area contributed by atoms with Crippen LogP contribution < -0.4 is 10.5 Å². The van der Waals surface area contributed by atoms with Gasteiger partial charge < -0.3 is 9.88 Å². The maximum atomic E-state index is 12.4. The van der Waals surface area contributed by atoms with Crippen LogP contribution in [0.1, 0.15) is 22.0 Å². The van der Waals surface area contributed by atoms with Crippen LogP contribution in [-0.4, -0.2) is 46.0 Å². The average Bonchev–Trinajstić information content (AvgIpc) is 2.97. The molecule has 0 atom stereocenters. The number of anilines is 1. The molecular formula is C19H19ClN6OS. The summed E-state index contributed by atoms with van der Waals surface area (Å²) in [6.07, 6.45) is 0. The topological polar surface area (TPSA) is 88.9 Å². The number of pyridine rings is 1. The van der Waals surface area contributed by atoms with Crippen LogP contribution in [0.15, 0.2) is 16.9 Å². The van der Waals surface area contributed by atoms with E-state index in [1.807, 2.05) is 26.0 Å². The SMILES string of the molecule is Cc1sc2nc(CN3CCN(c4ccc(Cl)c(C#N)n4)CC3)[nH]c(=O)c2c1C. The Morgan fingerprint density at radius 3 is 2.71 bits per heavy atom. The lowest BCUT2D eigenvalue weighted by molar-refractivity contribution is 0.243. The van der Waals surface area contributed by atoms with Gasteiger partial charge in [0.1, 0.15) is 22.5 Å². The number of thiophene rings is 1. The Balaban J connectivity index is 1.46. The van der Waals surface area contributed by atoms with Crippen LogP contribution in [0.3, 0.4) is 0 Å². The predicted octanol–water partition coefficient (Wildman–Crippen LogP) is 2.84. The van der Waals surface area contributed by atoms with Gasteiger partial charge in [-0.1, -0.05) is 11.6 Å². The van der Waals surface area contributed by atoms with E-state index < -0.39 is 0 Å². The second-order valence-electron chi connectivity index (χ2n) is 6.85. The van der Waals surface area contributed by atoms with E-state index >= 15 is 0 Å². The van der Waals surface area contributed by atoms with Crippen molar-refractivity contribution in [2.75, 3.05) is 31.1 Å². The van der Waals surface area contributed by atoms with Crippen molar-refractivity contribution in [3.63, 3.8) is 0 Å². The lowest BCUT2D eigenvalue weighted by Crippen LogP contribution is -2.46. The van der Waals surface area contributed by atoms with Crippen molar-refractivity contribution in [2.45, 2.75) is 20.4 Å². The molecule has 0 radical (unpaired) electrons. The predicted molar refractivity (Wildman–Crippen MR) is 111 cm³/mol. The molecule has 0 aromatic carbocycles. The van der Waals surface area contributed by atoms with E-state index in [1.54, 1.807) is 17.4 Å². The molecule has 1 saturated heterocycles. The van der Waals surface area contributed by atoms with Gasteiger partial charge >= 0.3 is 0 Å². The Hall–Kier alpha value is -2.47. The number of halogens is 1. The summed E-state index contributed by atoms with van der Waals surface area (Å²) < 4.78 is 0. The van der Waals surface area contributed by atoms with Gasteiger partial charge in [-0.25, -0.2) is 9.97 Å². The molecule has 7 nitrogen and oxygen atoms in total. The number of aryl methyl sites for hydroxylation is 2. The highest BCUT2D eigenvalue weighted by atomic mass is 35.5. The highest BCUT2D eigenvalue weighted by Gasteiger charge is 2.20. The van der Waals surface area contributed by atoms with Crippen LogP contribution in [0.4, 0.5) is 5.82 Å². The fourth-order valence-electron chi connectivity index (χ4n) is 3.41. The van der Waals surface area contributed by atoms with Crippen molar-refractivity contribution in [1.29, 1.82) is 5.26 Å². The van der Waals surface area contributed by atoms with E-state index in [-0.39, 0.29) is 11.3 Å². The number of hydrogen-bond acceptors (Lipinski definition) is 7. The van der Waals surface area contributed by atoms with E-state index in [9.17, 15) is 4.79 Å². The van der Waals surface area contributed by atoms with Crippen LogP contribution in [0, 0.1) is 25.2 Å². The number of nitrogens with zero attached hydrogens (tertiary/aromatic N) is 5. The minimum Gasteiger partial charge on any atom is -0.354 e. The molecular weight excluding hydrogens is 396 g/mol. The minimum atomic E-state index is -0.0603. The first-order valence-corrected chi connectivity index (χ1v) is 10.2. The van der Waals surface area contributed by atoms with Crippen molar-refractivity contribution in [3.8, 4) is 6.07 Å². The van der Waals surface area contributed by atoms with Crippen LogP contribution in [-0.2, 0) is 6.54 Å². The maximum absolute atomic E-state index is 12.4. The van der Waals surface area contributed by atoms with Crippen molar-refractivity contribution >= 4 is 39.0 Å². The standard InChI is InChI=1S/C19H19ClN6OS/c1-11-12(2)28-19-17(11)18(27)23-15(24-19)10-25-5-7-26(8-6-25)16-4-3-13(20)14(9-21)22-16/h3-4H,5-8,10H2,1-2H3,(H,23,24,27). The zero-order valence-electron chi connectivity index (χ0n) is 15.6. The summed E-state index contributed by atoms with van der Waals surface area (Å²) in [5.41, 5.74) is 1.20. The van der Waals surface area contributed by atoms with Gasteiger partial charge in [-0.2, -0.15) is 5.26 Å². The number of nitriles is 1. The fourth-order valence-corrected chi connectivity index (χ4v) is 4.60. The van der Waals surface area contributed by atoms with E-state index in [1.165, 1.54) is 0 Å². The summed E-state index contributed by atoms with van der Waals surface area (Å²) in [6, 6.07) is 5.57. The number of nitrogens with one attached hydrogen (secondary N) is 1. The monoisotopic (exact) mass is 414 g/mol. The number of rotatable bonds is 3. The minimum absolute atomic E-state index is 0.0603. The molecule has 0 saturated carbocycles. The molecule has 28 heavy (non-hydrogen) atoms. The van der Waals surface area contributed by atoms with Crippen LogP contribution in [0.5, 0.6) is 0 Å². The molecule has 3 aromatic rings. The van der Waals surface area contributed by atoms with E-state index in [2.05, 4.69) is 24.8 Å². The third-order valence-corrected chi connectivity index (χ3v) is 6.50. The molecule has 0 bridgehead atoms. The first-order chi connectivity index (χ1) is 13.5. The lowest BCUT2D eigenvalue weighted by atomic mass is 10.2. The highest BCUT2D eigenvalue weighted by Crippen LogP contribution is 2.26. The smallest absolute Gasteiger partial charge is 0.259 e. The molecule has 1 fully saturated rings. The number of fused-ring (bicyclic) bond motifs is 1. The molecule has 0 aliphatic carbocycles. The molecule has 9 heteroatoms. The summed E-state index contributed by atoms with van der Waals surface area (Å²) in [7, 11) is 0. The molecule has 0 spiro atoms. The average molecular weight is 415 g/mol. The maximum Gasteiger partial charge on any atom is 0.259 e. The van der Waals surface area contributed by atoms with Gasteiger partial charge in [0.2, 0.25) is 0 Å². The summed E-state index contributed by atoms with van der Waals surface area (Å²) in [5, 5.41) is 10.2. The number of hydrogen-bond donors (Lipinski definition) is 1. The Morgan fingerprint density at radius 2 is 2.00 bits per heavy atom. The molecule has 0 unspecified atom stereocenters. The Bertz CT molecular complexity index is 1140. The van der Waals surface area contributed by atoms with Gasteiger partial charge in [0, 0.05) is 31.1 Å². The highest BCUT2D eigenvalue weighted by molar-refractivity contribution is 7.18. The van der Waals surface area contributed by atoms with Gasteiger partial charge in [-0.15, -0.1) is 11.3 Å². The Kier molecular flexibility index (Phi) is 5.06. The molecule has 1 aliphatic rings. The Labute approximate surface area is 171 Å². The van der Waals surface area contributed by atoms with Gasteiger partial charge in [-0.05, 0) is 31.5 Å². The normalized spacial score (nSPS) is 15.1. The van der Waals surface area contributed by atoms with Gasteiger partial charge in [0.25, 0.3) is 5.56 Å². The molecule has 1 N–H and O–H groups in total. The zero-order chi connectivity index (χ0) is 19.8. The third kappa shape index (κ3) is 3.49. The van der Waals surface area contributed by atoms with E-state index in [0.29, 0.717) is 22.8 Å². The second-order valence-corrected chi connectivity index (χ2v) is 8.46. The molecule has 1 aliphatic heterocycles. The van der Waals surface area contributed by atoms with Gasteiger partial charge in [0.15, 0.2) is 5.69 Å². The quantitative estimate of drug-likeness (QED) is 0.708. The zero-order valence-corrected chi connectivity index (χ0v) is 17.2. The molecule has 4 rings (SSSR count). The molecule has 4 heterocycles. The van der Waals surface area contributed by atoms with E-state index in [4.69, 9.17) is 16.9 Å². The number of piperazine rings is 1. The van der Waals surface area contributed by atoms with Gasteiger partial charge in [-0.3, -0.25) is 9.69 Å². The van der Waals surface area contributed by atoms with Crippen LogP contribution in [0.2, 0.25) is 5.02 Å². The summed E-state index contributed by atoms with van der Waals surface area (Å²) in [6.45, 7) is 7.78. The van der Waals surface area contributed by atoms with Crippen molar-refractivity contribution in [1.82, 2.24) is 19.9 Å².